The van der Waals surface area contributed by atoms with E-state index < -0.39 is 16.7 Å². The van der Waals surface area contributed by atoms with Crippen LogP contribution in [0.5, 0.6) is 0 Å². The summed E-state index contributed by atoms with van der Waals surface area (Å²) in [6, 6.07) is 12.0. The van der Waals surface area contributed by atoms with E-state index in [2.05, 4.69) is 15.8 Å². The maximum Gasteiger partial charge on any atom is 0.329 e. The molecule has 11 heteroatoms. The Morgan fingerprint density at radius 3 is 2.42 bits per heavy atom. The lowest BCUT2D eigenvalue weighted by molar-refractivity contribution is -0.384. The minimum absolute atomic E-state index is 0.0179. The molecule has 0 fully saturated rings. The van der Waals surface area contributed by atoms with Crippen LogP contribution in [-0.4, -0.2) is 23.0 Å². The van der Waals surface area contributed by atoms with Gasteiger partial charge in [-0.1, -0.05) is 23.2 Å². The van der Waals surface area contributed by atoms with Crippen LogP contribution in [0, 0.1) is 17.0 Å². The summed E-state index contributed by atoms with van der Waals surface area (Å²) >= 11 is 11.7. The number of furan rings is 1. The molecule has 31 heavy (non-hydrogen) atoms. The van der Waals surface area contributed by atoms with Crippen molar-refractivity contribution in [2.75, 3.05) is 5.32 Å². The molecular weight excluding hydrogens is 447 g/mol. The van der Waals surface area contributed by atoms with Gasteiger partial charge in [0.15, 0.2) is 0 Å². The van der Waals surface area contributed by atoms with E-state index >= 15 is 0 Å². The number of hydrazone groups is 1. The van der Waals surface area contributed by atoms with Crippen molar-refractivity contribution in [1.29, 1.82) is 0 Å². The molecule has 3 rings (SSSR count). The number of carbonyl (C=O) groups is 2. The number of nitro groups is 1. The highest BCUT2D eigenvalue weighted by Crippen LogP contribution is 2.28. The van der Waals surface area contributed by atoms with Crippen LogP contribution < -0.4 is 10.7 Å². The Balaban J connectivity index is 1.61. The van der Waals surface area contributed by atoms with Crippen LogP contribution in [0.15, 0.2) is 58.0 Å². The molecule has 0 saturated heterocycles. The Morgan fingerprint density at radius 2 is 1.77 bits per heavy atom. The predicted octanol–water partition coefficient (Wildman–Crippen LogP) is 4.56. The van der Waals surface area contributed by atoms with Crippen LogP contribution in [0.3, 0.4) is 0 Å². The number of rotatable bonds is 5. The first kappa shape index (κ1) is 22.0. The number of halogens is 2. The van der Waals surface area contributed by atoms with Crippen LogP contribution in [0.2, 0.25) is 10.0 Å². The first-order valence-electron chi connectivity index (χ1n) is 8.68. The van der Waals surface area contributed by atoms with Gasteiger partial charge in [-0.25, -0.2) is 5.43 Å². The molecule has 0 spiro atoms. The second kappa shape index (κ2) is 9.41. The number of nitro benzene ring substituents is 1. The molecule has 0 unspecified atom stereocenters. The lowest BCUT2D eigenvalue weighted by Crippen LogP contribution is -2.32. The monoisotopic (exact) mass is 460 g/mol. The second-order valence-electron chi connectivity index (χ2n) is 6.27. The van der Waals surface area contributed by atoms with E-state index in [0.717, 1.165) is 0 Å². The molecule has 9 nitrogen and oxygen atoms in total. The molecule has 2 amide bonds. The molecule has 0 saturated carbocycles. The lowest BCUT2D eigenvalue weighted by atomic mass is 10.1. The standard InChI is InChI=1S/C20H14Cl2N4O5/c1-11-6-15(26(29)30)2-4-17(11)18-5-3-16(31-18)10-23-25-20(28)19(27)24-14-8-12(21)7-13(22)9-14/h2-10H,1H3,(H,24,27)(H,25,28)/b23-10+. The zero-order valence-corrected chi connectivity index (χ0v) is 17.4. The third-order valence-corrected chi connectivity index (χ3v) is 4.43. The SMILES string of the molecule is Cc1cc([N+](=O)[O-])ccc1-c1ccc(/C=N/NC(=O)C(=O)Nc2cc(Cl)cc(Cl)c2)o1. The molecule has 0 atom stereocenters. The van der Waals surface area contributed by atoms with Gasteiger partial charge in [-0.3, -0.25) is 19.7 Å². The topological polar surface area (TPSA) is 127 Å². The number of aryl methyl sites for hydroxylation is 1. The van der Waals surface area contributed by atoms with Gasteiger partial charge in [-0.15, -0.1) is 0 Å². The van der Waals surface area contributed by atoms with E-state index in [1.54, 1.807) is 25.1 Å². The van der Waals surface area contributed by atoms with E-state index in [-0.39, 0.29) is 11.4 Å². The number of nitrogens with zero attached hydrogens (tertiary/aromatic N) is 2. The fourth-order valence-electron chi connectivity index (χ4n) is 2.62. The summed E-state index contributed by atoms with van der Waals surface area (Å²) in [6.07, 6.45) is 1.21. The van der Waals surface area contributed by atoms with Gasteiger partial charge < -0.3 is 9.73 Å². The summed E-state index contributed by atoms with van der Waals surface area (Å²) in [5.74, 6) is -1.20. The number of benzene rings is 2. The zero-order chi connectivity index (χ0) is 22.5. The zero-order valence-electron chi connectivity index (χ0n) is 15.9. The maximum atomic E-state index is 11.9. The summed E-state index contributed by atoms with van der Waals surface area (Å²) in [6.45, 7) is 1.73. The van der Waals surface area contributed by atoms with Crippen molar-refractivity contribution in [2.24, 2.45) is 5.10 Å². The van der Waals surface area contributed by atoms with Crippen molar-refractivity contribution in [3.63, 3.8) is 0 Å². The molecule has 158 valence electrons. The molecular formula is C20H14Cl2N4O5. The Bertz CT molecular complexity index is 1190. The summed E-state index contributed by atoms with van der Waals surface area (Å²) in [5.41, 5.74) is 3.66. The van der Waals surface area contributed by atoms with Crippen molar-refractivity contribution >= 4 is 52.6 Å². The Kier molecular flexibility index (Phi) is 6.68. The molecule has 1 heterocycles. The number of non-ortho nitro benzene ring substituents is 1. The maximum absolute atomic E-state index is 11.9. The van der Waals surface area contributed by atoms with Gasteiger partial charge in [0.1, 0.15) is 11.5 Å². The van der Waals surface area contributed by atoms with Gasteiger partial charge in [0.25, 0.3) is 5.69 Å². The van der Waals surface area contributed by atoms with Crippen molar-refractivity contribution in [2.45, 2.75) is 6.92 Å². The first-order valence-corrected chi connectivity index (χ1v) is 9.44. The number of carbonyl (C=O) groups excluding carboxylic acids is 2. The van der Waals surface area contributed by atoms with Crippen LogP contribution in [0.4, 0.5) is 11.4 Å². The van der Waals surface area contributed by atoms with Gasteiger partial charge in [0.05, 0.1) is 11.1 Å². The Labute approximate surface area is 185 Å². The lowest BCUT2D eigenvalue weighted by Gasteiger charge is -2.05. The summed E-state index contributed by atoms with van der Waals surface area (Å²) in [5, 5.41) is 17.5. The summed E-state index contributed by atoms with van der Waals surface area (Å²) in [4.78, 5) is 34.2. The summed E-state index contributed by atoms with van der Waals surface area (Å²) in [7, 11) is 0. The Morgan fingerprint density at radius 1 is 1.06 bits per heavy atom. The smallest absolute Gasteiger partial charge is 0.329 e. The van der Waals surface area contributed by atoms with Crippen LogP contribution in [0.25, 0.3) is 11.3 Å². The molecule has 2 N–H and O–H groups in total. The predicted molar refractivity (Wildman–Crippen MR) is 116 cm³/mol. The quantitative estimate of drug-likeness (QED) is 0.249. The van der Waals surface area contributed by atoms with E-state index in [4.69, 9.17) is 27.6 Å². The number of anilines is 1. The third kappa shape index (κ3) is 5.68. The fraction of sp³-hybridized carbons (Fsp3) is 0.0500. The van der Waals surface area contributed by atoms with E-state index in [1.807, 2.05) is 0 Å². The van der Waals surface area contributed by atoms with Crippen LogP contribution >= 0.6 is 23.2 Å². The number of nitrogens with one attached hydrogen (secondary N) is 2. The van der Waals surface area contributed by atoms with Gasteiger partial charge in [0.2, 0.25) is 0 Å². The van der Waals surface area contributed by atoms with Crippen molar-refractivity contribution in [3.05, 3.63) is 80.0 Å². The van der Waals surface area contributed by atoms with E-state index in [0.29, 0.717) is 32.7 Å². The molecule has 0 bridgehead atoms. The molecule has 2 aromatic carbocycles. The van der Waals surface area contributed by atoms with E-state index in [1.165, 1.54) is 36.5 Å². The van der Waals surface area contributed by atoms with Crippen molar-refractivity contribution in [1.82, 2.24) is 5.43 Å². The number of amides is 2. The van der Waals surface area contributed by atoms with E-state index in [9.17, 15) is 19.7 Å². The molecule has 0 aliphatic heterocycles. The van der Waals surface area contributed by atoms with Crippen molar-refractivity contribution < 1.29 is 18.9 Å². The fourth-order valence-corrected chi connectivity index (χ4v) is 3.15. The highest BCUT2D eigenvalue weighted by atomic mass is 35.5. The third-order valence-electron chi connectivity index (χ3n) is 4.00. The molecule has 0 aliphatic carbocycles. The minimum atomic E-state index is -1.01. The largest absolute Gasteiger partial charge is 0.455 e. The van der Waals surface area contributed by atoms with Crippen LogP contribution in [-0.2, 0) is 9.59 Å². The number of hydrogen-bond acceptors (Lipinski definition) is 6. The molecule has 1 aromatic heterocycles. The van der Waals surface area contributed by atoms with Gasteiger partial charge in [-0.2, -0.15) is 5.10 Å². The van der Waals surface area contributed by atoms with Crippen molar-refractivity contribution in [3.8, 4) is 11.3 Å². The van der Waals surface area contributed by atoms with Gasteiger partial charge >= 0.3 is 11.8 Å². The average molecular weight is 461 g/mol. The molecule has 0 radical (unpaired) electrons. The highest BCUT2D eigenvalue weighted by Gasteiger charge is 2.14. The minimum Gasteiger partial charge on any atom is -0.455 e. The van der Waals surface area contributed by atoms with Crippen LogP contribution in [0.1, 0.15) is 11.3 Å². The van der Waals surface area contributed by atoms with Gasteiger partial charge in [0, 0.05) is 33.4 Å². The first-order chi connectivity index (χ1) is 14.7. The highest BCUT2D eigenvalue weighted by molar-refractivity contribution is 6.40. The average Bonchev–Trinajstić information content (AvgIpc) is 3.15. The normalized spacial score (nSPS) is 10.8. The summed E-state index contributed by atoms with van der Waals surface area (Å²) < 4.78 is 5.61. The van der Waals surface area contributed by atoms with Gasteiger partial charge in [-0.05, 0) is 48.9 Å². The molecule has 0 aliphatic rings. The molecule has 3 aromatic rings. The second-order valence-corrected chi connectivity index (χ2v) is 7.14. The number of hydrogen-bond donors (Lipinski definition) is 2. The Hall–Kier alpha value is -3.69.